The van der Waals surface area contributed by atoms with Gasteiger partial charge in [-0.2, -0.15) is 0 Å². The number of ether oxygens (including phenoxy) is 1. The molecule has 0 unspecified atom stereocenters. The number of carbonyl (C=O) groups excluding carboxylic acids is 2. The van der Waals surface area contributed by atoms with Gasteiger partial charge in [0.15, 0.2) is 5.76 Å². The molecular formula is C20H25N3O4. The predicted octanol–water partition coefficient (Wildman–Crippen LogP) is 2.52. The number of urea groups is 1. The molecule has 1 aliphatic rings. The van der Waals surface area contributed by atoms with Crippen LogP contribution in [0.1, 0.15) is 22.5 Å². The second kappa shape index (κ2) is 9.12. The maximum atomic E-state index is 12.2. The lowest BCUT2D eigenvalue weighted by atomic mass is 10.2. The third-order valence-corrected chi connectivity index (χ3v) is 4.53. The van der Waals surface area contributed by atoms with Crippen molar-refractivity contribution < 1.29 is 18.7 Å². The minimum absolute atomic E-state index is 0.101. The zero-order valence-corrected chi connectivity index (χ0v) is 15.5. The number of rotatable bonds is 6. The maximum absolute atomic E-state index is 12.2. The number of hydrogen-bond acceptors (Lipinski definition) is 4. The molecule has 1 aliphatic heterocycles. The Hall–Kier alpha value is -2.96. The first-order valence-electron chi connectivity index (χ1n) is 9.19. The Morgan fingerprint density at radius 3 is 2.52 bits per heavy atom. The van der Waals surface area contributed by atoms with Gasteiger partial charge in [-0.3, -0.25) is 4.79 Å². The lowest BCUT2D eigenvalue weighted by Gasteiger charge is -2.34. The lowest BCUT2D eigenvalue weighted by Crippen LogP contribution is -2.53. The monoisotopic (exact) mass is 371 g/mol. The standard InChI is InChI=1S/C20H25N3O4/c1-16-6-2-3-7-17(16)26-15-5-9-21-20(25)23-12-10-22(11-13-23)19(24)18-8-4-14-27-18/h2-4,6-8,14H,5,9-13,15H2,1H3,(H,21,25). The highest BCUT2D eigenvalue weighted by atomic mass is 16.5. The van der Waals surface area contributed by atoms with Gasteiger partial charge in [0.2, 0.25) is 0 Å². The summed E-state index contributed by atoms with van der Waals surface area (Å²) in [6.45, 7) is 5.14. The van der Waals surface area contributed by atoms with E-state index in [1.54, 1.807) is 21.9 Å². The van der Waals surface area contributed by atoms with Gasteiger partial charge in [-0.25, -0.2) is 4.79 Å². The van der Waals surface area contributed by atoms with Gasteiger partial charge in [0.05, 0.1) is 12.9 Å². The Balaban J connectivity index is 1.33. The van der Waals surface area contributed by atoms with Gasteiger partial charge in [0.25, 0.3) is 5.91 Å². The van der Waals surface area contributed by atoms with Crippen molar-refractivity contribution in [2.24, 2.45) is 0 Å². The molecule has 0 saturated carbocycles. The second-order valence-electron chi connectivity index (χ2n) is 6.46. The molecular weight excluding hydrogens is 346 g/mol. The SMILES string of the molecule is Cc1ccccc1OCCCNC(=O)N1CCN(C(=O)c2ccco2)CC1. The van der Waals surface area contributed by atoms with Crippen LogP contribution < -0.4 is 10.1 Å². The van der Waals surface area contributed by atoms with Gasteiger partial charge in [0, 0.05) is 32.7 Å². The number of aryl methyl sites for hydroxylation is 1. The number of furan rings is 1. The van der Waals surface area contributed by atoms with Crippen molar-refractivity contribution in [3.63, 3.8) is 0 Å². The molecule has 0 spiro atoms. The Kier molecular flexibility index (Phi) is 6.35. The van der Waals surface area contributed by atoms with Crippen molar-refractivity contribution in [1.82, 2.24) is 15.1 Å². The summed E-state index contributed by atoms with van der Waals surface area (Å²) in [6, 6.07) is 11.1. The van der Waals surface area contributed by atoms with Crippen LogP contribution in [0.2, 0.25) is 0 Å². The number of para-hydroxylation sites is 1. The lowest BCUT2D eigenvalue weighted by molar-refractivity contribution is 0.0634. The van der Waals surface area contributed by atoms with Crippen molar-refractivity contribution in [3.05, 3.63) is 54.0 Å². The number of piperazine rings is 1. The molecule has 1 saturated heterocycles. The number of benzene rings is 1. The third kappa shape index (κ3) is 5.03. The van der Waals surface area contributed by atoms with Crippen molar-refractivity contribution in [2.45, 2.75) is 13.3 Å². The number of nitrogens with zero attached hydrogens (tertiary/aromatic N) is 2. The second-order valence-corrected chi connectivity index (χ2v) is 6.46. The molecule has 3 amide bonds. The molecule has 1 fully saturated rings. The summed E-state index contributed by atoms with van der Waals surface area (Å²) in [5.41, 5.74) is 1.10. The molecule has 1 aromatic carbocycles. The van der Waals surface area contributed by atoms with E-state index in [0.717, 1.165) is 17.7 Å². The van der Waals surface area contributed by atoms with Crippen LogP contribution in [-0.4, -0.2) is 61.1 Å². The van der Waals surface area contributed by atoms with E-state index in [9.17, 15) is 9.59 Å². The molecule has 2 heterocycles. The first-order valence-corrected chi connectivity index (χ1v) is 9.19. The van der Waals surface area contributed by atoms with Crippen LogP contribution in [0.25, 0.3) is 0 Å². The van der Waals surface area contributed by atoms with E-state index in [1.807, 2.05) is 31.2 Å². The normalized spacial score (nSPS) is 14.1. The Morgan fingerprint density at radius 2 is 1.81 bits per heavy atom. The summed E-state index contributed by atoms with van der Waals surface area (Å²) in [5.74, 6) is 1.08. The third-order valence-electron chi connectivity index (χ3n) is 4.53. The molecule has 27 heavy (non-hydrogen) atoms. The summed E-state index contributed by atoms with van der Waals surface area (Å²) in [6.07, 6.45) is 2.22. The minimum atomic E-state index is -0.131. The number of nitrogens with one attached hydrogen (secondary N) is 1. The van der Waals surface area contributed by atoms with Crippen LogP contribution in [0.3, 0.4) is 0 Å². The van der Waals surface area contributed by atoms with Gasteiger partial charge in [-0.15, -0.1) is 0 Å². The predicted molar refractivity (Wildman–Crippen MR) is 101 cm³/mol. The van der Waals surface area contributed by atoms with E-state index < -0.39 is 0 Å². The summed E-state index contributed by atoms with van der Waals surface area (Å²) < 4.78 is 10.9. The van der Waals surface area contributed by atoms with E-state index >= 15 is 0 Å². The topological polar surface area (TPSA) is 75.0 Å². The van der Waals surface area contributed by atoms with Crippen LogP contribution >= 0.6 is 0 Å². The number of amides is 3. The van der Waals surface area contributed by atoms with Crippen LogP contribution in [-0.2, 0) is 0 Å². The largest absolute Gasteiger partial charge is 0.493 e. The smallest absolute Gasteiger partial charge is 0.317 e. The van der Waals surface area contributed by atoms with Crippen LogP contribution in [0.5, 0.6) is 5.75 Å². The average Bonchev–Trinajstić information content (AvgIpc) is 3.23. The highest BCUT2D eigenvalue weighted by Gasteiger charge is 2.25. The summed E-state index contributed by atoms with van der Waals surface area (Å²) >= 11 is 0. The first kappa shape index (κ1) is 18.8. The highest BCUT2D eigenvalue weighted by Crippen LogP contribution is 2.16. The van der Waals surface area contributed by atoms with Gasteiger partial charge in [-0.1, -0.05) is 18.2 Å². The van der Waals surface area contributed by atoms with Crippen molar-refractivity contribution in [2.75, 3.05) is 39.3 Å². The number of carbonyl (C=O) groups is 2. The van der Waals surface area contributed by atoms with Gasteiger partial charge in [-0.05, 0) is 37.1 Å². The fraction of sp³-hybridized carbons (Fsp3) is 0.400. The van der Waals surface area contributed by atoms with Gasteiger partial charge >= 0.3 is 6.03 Å². The zero-order chi connectivity index (χ0) is 19.1. The molecule has 0 aliphatic carbocycles. The molecule has 2 aromatic rings. The average molecular weight is 371 g/mol. The van der Waals surface area contributed by atoms with E-state index in [2.05, 4.69) is 5.32 Å². The molecule has 1 aromatic heterocycles. The van der Waals surface area contributed by atoms with E-state index in [1.165, 1.54) is 6.26 Å². The fourth-order valence-corrected chi connectivity index (χ4v) is 2.95. The molecule has 0 radical (unpaired) electrons. The molecule has 3 rings (SSSR count). The summed E-state index contributed by atoms with van der Waals surface area (Å²) in [7, 11) is 0. The fourth-order valence-electron chi connectivity index (χ4n) is 2.95. The molecule has 7 nitrogen and oxygen atoms in total. The van der Waals surface area contributed by atoms with Crippen LogP contribution in [0, 0.1) is 6.92 Å². The van der Waals surface area contributed by atoms with Gasteiger partial charge < -0.3 is 24.3 Å². The molecule has 1 N–H and O–H groups in total. The quantitative estimate of drug-likeness (QED) is 0.792. The van der Waals surface area contributed by atoms with Crippen LogP contribution in [0.15, 0.2) is 47.1 Å². The minimum Gasteiger partial charge on any atom is -0.493 e. The van der Waals surface area contributed by atoms with Crippen molar-refractivity contribution in [3.8, 4) is 5.75 Å². The van der Waals surface area contributed by atoms with E-state index in [4.69, 9.17) is 9.15 Å². The highest BCUT2D eigenvalue weighted by molar-refractivity contribution is 5.91. The summed E-state index contributed by atoms with van der Waals surface area (Å²) in [4.78, 5) is 27.9. The number of hydrogen-bond donors (Lipinski definition) is 1. The molecule has 7 heteroatoms. The Morgan fingerprint density at radius 1 is 1.07 bits per heavy atom. The summed E-state index contributed by atoms with van der Waals surface area (Å²) in [5, 5.41) is 2.91. The first-order chi connectivity index (χ1) is 13.1. The van der Waals surface area contributed by atoms with Crippen molar-refractivity contribution in [1.29, 1.82) is 0 Å². The van der Waals surface area contributed by atoms with Gasteiger partial charge in [0.1, 0.15) is 5.75 Å². The van der Waals surface area contributed by atoms with E-state index in [0.29, 0.717) is 45.1 Å². The van der Waals surface area contributed by atoms with Crippen molar-refractivity contribution >= 4 is 11.9 Å². The maximum Gasteiger partial charge on any atom is 0.317 e. The van der Waals surface area contributed by atoms with Crippen LogP contribution in [0.4, 0.5) is 4.79 Å². The van der Waals surface area contributed by atoms with E-state index in [-0.39, 0.29) is 11.9 Å². The Labute approximate surface area is 158 Å². The Bertz CT molecular complexity index is 752. The zero-order valence-electron chi connectivity index (χ0n) is 15.5. The molecule has 144 valence electrons. The molecule has 0 atom stereocenters. The molecule has 0 bridgehead atoms.